The lowest BCUT2D eigenvalue weighted by atomic mass is 9.99. The number of imidazole rings is 1. The summed E-state index contributed by atoms with van der Waals surface area (Å²) in [5.74, 6) is 0.182. The Balaban J connectivity index is 1.40. The summed E-state index contributed by atoms with van der Waals surface area (Å²) in [6.45, 7) is 4.50. The lowest BCUT2D eigenvalue weighted by molar-refractivity contribution is 0.478. The Morgan fingerprint density at radius 1 is 1.19 bits per heavy atom. The molecule has 8 heteroatoms. The number of hydrogen-bond donors (Lipinski definition) is 3. The van der Waals surface area contributed by atoms with Crippen molar-refractivity contribution in [3.63, 3.8) is 0 Å². The van der Waals surface area contributed by atoms with Gasteiger partial charge in [0.2, 0.25) is 0 Å². The first-order chi connectivity index (χ1) is 15.6. The summed E-state index contributed by atoms with van der Waals surface area (Å²) in [4.78, 5) is 16.4. The van der Waals surface area contributed by atoms with Crippen molar-refractivity contribution in [2.24, 2.45) is 0 Å². The Bertz CT molecular complexity index is 1450. The second-order valence-corrected chi connectivity index (χ2v) is 7.97. The van der Waals surface area contributed by atoms with E-state index in [1.165, 1.54) is 4.40 Å². The van der Waals surface area contributed by atoms with E-state index in [-0.39, 0.29) is 11.4 Å². The molecule has 0 fully saturated rings. The maximum Gasteiger partial charge on any atom is 0.348 e. The van der Waals surface area contributed by atoms with Crippen molar-refractivity contribution >= 4 is 16.6 Å². The molecule has 3 aromatic heterocycles. The van der Waals surface area contributed by atoms with Crippen LogP contribution in [-0.2, 0) is 13.1 Å². The first kappa shape index (κ1) is 20.0. The van der Waals surface area contributed by atoms with Crippen LogP contribution in [0.2, 0.25) is 0 Å². The van der Waals surface area contributed by atoms with Gasteiger partial charge in [0.1, 0.15) is 5.75 Å². The molecular weight excluding hydrogens is 404 g/mol. The quantitative estimate of drug-likeness (QED) is 0.346. The largest absolute Gasteiger partial charge is 0.507 e. The SMILES string of the molecule is Cc1cc2n[nH]c(=O)n2c2cc(-c3cccc(CNCCCn4ccnc4)c3)c(O)cc12. The van der Waals surface area contributed by atoms with Crippen LogP contribution in [0.1, 0.15) is 17.5 Å². The van der Waals surface area contributed by atoms with Gasteiger partial charge < -0.3 is 15.0 Å². The lowest BCUT2D eigenvalue weighted by Gasteiger charge is -2.12. The maximum absolute atomic E-state index is 12.3. The summed E-state index contributed by atoms with van der Waals surface area (Å²) >= 11 is 0. The lowest BCUT2D eigenvalue weighted by Crippen LogP contribution is -2.16. The minimum atomic E-state index is -0.296. The number of aromatic hydroxyl groups is 1. The zero-order valence-corrected chi connectivity index (χ0v) is 17.7. The summed E-state index contributed by atoms with van der Waals surface area (Å²) in [6, 6.07) is 13.5. The molecule has 0 aliphatic heterocycles. The molecule has 0 unspecified atom stereocenters. The Labute approximate surface area is 184 Å². The zero-order valence-electron chi connectivity index (χ0n) is 17.7. The van der Waals surface area contributed by atoms with Crippen LogP contribution in [0.25, 0.3) is 27.7 Å². The molecule has 5 aromatic rings. The highest BCUT2D eigenvalue weighted by Gasteiger charge is 2.13. The van der Waals surface area contributed by atoms with E-state index in [2.05, 4.69) is 37.2 Å². The van der Waals surface area contributed by atoms with Gasteiger partial charge in [-0.25, -0.2) is 19.3 Å². The Kier molecular flexibility index (Phi) is 5.20. The van der Waals surface area contributed by atoms with Crippen molar-refractivity contribution < 1.29 is 5.11 Å². The number of nitrogens with zero attached hydrogens (tertiary/aromatic N) is 4. The summed E-state index contributed by atoms with van der Waals surface area (Å²) < 4.78 is 3.60. The van der Waals surface area contributed by atoms with Gasteiger partial charge in [0.05, 0.1) is 11.8 Å². The average molecular weight is 428 g/mol. The highest BCUT2D eigenvalue weighted by atomic mass is 16.3. The van der Waals surface area contributed by atoms with Crippen LogP contribution in [0.5, 0.6) is 5.75 Å². The third-order valence-corrected chi connectivity index (χ3v) is 5.72. The fourth-order valence-electron chi connectivity index (χ4n) is 4.11. The number of nitrogens with one attached hydrogen (secondary N) is 2. The number of aromatic nitrogens is 5. The van der Waals surface area contributed by atoms with E-state index in [1.807, 2.05) is 43.7 Å². The van der Waals surface area contributed by atoms with Crippen LogP contribution in [0.15, 0.2) is 66.0 Å². The van der Waals surface area contributed by atoms with Crippen molar-refractivity contribution in [1.82, 2.24) is 29.5 Å². The second-order valence-electron chi connectivity index (χ2n) is 7.97. The molecule has 0 saturated heterocycles. The molecule has 0 radical (unpaired) electrons. The van der Waals surface area contributed by atoms with Crippen LogP contribution in [-0.4, -0.2) is 35.8 Å². The Morgan fingerprint density at radius 2 is 2.09 bits per heavy atom. The normalized spacial score (nSPS) is 11.5. The highest BCUT2D eigenvalue weighted by Crippen LogP contribution is 2.35. The van der Waals surface area contributed by atoms with Crippen molar-refractivity contribution in [2.75, 3.05) is 6.54 Å². The van der Waals surface area contributed by atoms with Gasteiger partial charge in [-0.05, 0) is 60.8 Å². The minimum absolute atomic E-state index is 0.182. The van der Waals surface area contributed by atoms with Crippen LogP contribution in [0.3, 0.4) is 0 Å². The predicted molar refractivity (Wildman–Crippen MR) is 124 cm³/mol. The second kappa shape index (κ2) is 8.32. The molecule has 0 atom stereocenters. The predicted octanol–water partition coefficient (Wildman–Crippen LogP) is 3.23. The van der Waals surface area contributed by atoms with Gasteiger partial charge in [0.25, 0.3) is 0 Å². The molecule has 0 spiro atoms. The van der Waals surface area contributed by atoms with Gasteiger partial charge in [0, 0.05) is 36.4 Å². The first-order valence-electron chi connectivity index (χ1n) is 10.6. The molecule has 0 aliphatic rings. The van der Waals surface area contributed by atoms with E-state index in [0.29, 0.717) is 11.2 Å². The molecule has 0 saturated carbocycles. The monoisotopic (exact) mass is 428 g/mol. The first-order valence-corrected chi connectivity index (χ1v) is 10.6. The molecule has 0 amide bonds. The molecule has 162 valence electrons. The van der Waals surface area contributed by atoms with Gasteiger partial charge in [-0.3, -0.25) is 0 Å². The van der Waals surface area contributed by atoms with Crippen molar-refractivity contribution in [2.45, 2.75) is 26.4 Å². The molecule has 8 nitrogen and oxygen atoms in total. The van der Waals surface area contributed by atoms with E-state index in [4.69, 9.17) is 0 Å². The molecule has 0 bridgehead atoms. The molecular formula is C24H24N6O2. The fraction of sp³-hybridized carbons (Fsp3) is 0.208. The number of aryl methyl sites for hydroxylation is 2. The number of phenolic OH excluding ortho intramolecular Hbond substituents is 1. The number of fused-ring (bicyclic) bond motifs is 3. The topological polar surface area (TPSA) is 100 Å². The van der Waals surface area contributed by atoms with Crippen LogP contribution < -0.4 is 11.0 Å². The number of H-pyrrole nitrogens is 1. The highest BCUT2D eigenvalue weighted by molar-refractivity contribution is 5.92. The number of benzene rings is 2. The van der Waals surface area contributed by atoms with Crippen molar-refractivity contribution in [3.8, 4) is 16.9 Å². The van der Waals surface area contributed by atoms with E-state index < -0.39 is 0 Å². The van der Waals surface area contributed by atoms with Crippen molar-refractivity contribution in [3.05, 3.63) is 82.8 Å². The zero-order chi connectivity index (χ0) is 22.1. The standard InChI is InChI=1S/C24H24N6O2/c1-16-10-23-27-28-24(32)30(23)21-12-20(22(31)13-19(16)21)18-5-2-4-17(11-18)14-25-6-3-8-29-9-7-26-15-29/h2,4-5,7,9-13,15,25,31H,3,6,8,14H2,1H3,(H,28,32). The molecule has 3 N–H and O–H groups in total. The van der Waals surface area contributed by atoms with Gasteiger partial charge in [0.15, 0.2) is 5.65 Å². The number of pyridine rings is 1. The smallest absolute Gasteiger partial charge is 0.348 e. The van der Waals surface area contributed by atoms with Gasteiger partial charge in [-0.15, -0.1) is 0 Å². The maximum atomic E-state index is 12.3. The number of hydrogen-bond acceptors (Lipinski definition) is 5. The van der Waals surface area contributed by atoms with Crippen LogP contribution in [0, 0.1) is 6.92 Å². The van der Waals surface area contributed by atoms with Crippen LogP contribution >= 0.6 is 0 Å². The summed E-state index contributed by atoms with van der Waals surface area (Å²) in [6.07, 6.45) is 6.59. The minimum Gasteiger partial charge on any atom is -0.507 e. The van der Waals surface area contributed by atoms with Crippen molar-refractivity contribution in [1.29, 1.82) is 0 Å². The summed E-state index contributed by atoms with van der Waals surface area (Å²) in [5, 5.41) is 21.6. The molecule has 5 rings (SSSR count). The van der Waals surface area contributed by atoms with E-state index in [1.54, 1.807) is 12.3 Å². The van der Waals surface area contributed by atoms with Gasteiger partial charge in [-0.1, -0.05) is 18.2 Å². The van der Waals surface area contributed by atoms with Crippen LogP contribution in [0.4, 0.5) is 0 Å². The molecule has 2 aromatic carbocycles. The Hall–Kier alpha value is -3.91. The van der Waals surface area contributed by atoms with Gasteiger partial charge in [-0.2, -0.15) is 5.10 Å². The van der Waals surface area contributed by atoms with E-state index in [0.717, 1.165) is 53.6 Å². The average Bonchev–Trinajstić information content (AvgIpc) is 3.44. The summed E-state index contributed by atoms with van der Waals surface area (Å²) in [7, 11) is 0. The Morgan fingerprint density at radius 3 is 2.94 bits per heavy atom. The van der Waals surface area contributed by atoms with E-state index >= 15 is 0 Å². The van der Waals surface area contributed by atoms with Gasteiger partial charge >= 0.3 is 5.69 Å². The number of rotatable bonds is 7. The molecule has 0 aliphatic carbocycles. The van der Waals surface area contributed by atoms with E-state index in [9.17, 15) is 9.90 Å². The third-order valence-electron chi connectivity index (χ3n) is 5.72. The molecule has 3 heterocycles. The molecule has 32 heavy (non-hydrogen) atoms. The third kappa shape index (κ3) is 3.76. The number of aromatic amines is 1. The summed E-state index contributed by atoms with van der Waals surface area (Å²) in [5.41, 5.74) is 4.63. The number of phenols is 1. The fourth-order valence-corrected chi connectivity index (χ4v) is 4.11.